The Hall–Kier alpha value is -1.55. The van der Waals surface area contributed by atoms with Crippen molar-refractivity contribution >= 4 is 29.1 Å². The standard InChI is InChI=1S/C22H24Cl2N2O/c1-25(21(27)13-15-8-9-18(23)19(24)12-15)22-17-7-3-2-6-16(17)14-20(22)26-10-4-5-11-26/h2-3,6-9,12,20,22H,4-5,10-11,13-14H2,1H3/t20-,22-/m1/s1. The SMILES string of the molecule is CN(C(=O)Cc1ccc(Cl)c(Cl)c1)[C@@H]1c2ccccc2C[C@H]1N1CCCC1. The molecular weight excluding hydrogens is 379 g/mol. The Morgan fingerprint density at radius 2 is 1.85 bits per heavy atom. The lowest BCUT2D eigenvalue weighted by Gasteiger charge is -2.35. The van der Waals surface area contributed by atoms with Crippen LogP contribution < -0.4 is 0 Å². The van der Waals surface area contributed by atoms with Gasteiger partial charge >= 0.3 is 0 Å². The van der Waals surface area contributed by atoms with E-state index in [1.165, 1.54) is 24.0 Å². The summed E-state index contributed by atoms with van der Waals surface area (Å²) in [5.41, 5.74) is 3.55. The third-order valence-electron chi connectivity index (χ3n) is 5.93. The number of rotatable bonds is 4. The molecule has 0 radical (unpaired) electrons. The van der Waals surface area contributed by atoms with Gasteiger partial charge in [0, 0.05) is 13.1 Å². The van der Waals surface area contributed by atoms with Crippen LogP contribution in [0.4, 0.5) is 0 Å². The van der Waals surface area contributed by atoms with Gasteiger partial charge in [-0.15, -0.1) is 0 Å². The van der Waals surface area contributed by atoms with Crippen LogP contribution in [0.15, 0.2) is 42.5 Å². The van der Waals surface area contributed by atoms with Crippen LogP contribution in [0.5, 0.6) is 0 Å². The number of hydrogen-bond donors (Lipinski definition) is 0. The van der Waals surface area contributed by atoms with Gasteiger partial charge in [0.2, 0.25) is 5.91 Å². The molecule has 2 aromatic rings. The number of likely N-dealkylation sites (N-methyl/N-ethyl adjacent to an activating group) is 1. The van der Waals surface area contributed by atoms with Crippen molar-refractivity contribution in [3.63, 3.8) is 0 Å². The summed E-state index contributed by atoms with van der Waals surface area (Å²) in [6.07, 6.45) is 3.85. The zero-order valence-corrected chi connectivity index (χ0v) is 17.0. The van der Waals surface area contributed by atoms with E-state index in [4.69, 9.17) is 23.2 Å². The maximum absolute atomic E-state index is 13.1. The lowest BCUT2D eigenvalue weighted by atomic mass is 10.0. The highest BCUT2D eigenvalue weighted by Gasteiger charge is 2.40. The third kappa shape index (κ3) is 3.73. The molecule has 0 spiro atoms. The van der Waals surface area contributed by atoms with Crippen LogP contribution in [0, 0.1) is 0 Å². The van der Waals surface area contributed by atoms with E-state index in [2.05, 4.69) is 29.2 Å². The van der Waals surface area contributed by atoms with Crippen molar-refractivity contribution in [1.82, 2.24) is 9.80 Å². The van der Waals surface area contributed by atoms with E-state index in [9.17, 15) is 4.79 Å². The van der Waals surface area contributed by atoms with E-state index in [-0.39, 0.29) is 11.9 Å². The van der Waals surface area contributed by atoms with Crippen molar-refractivity contribution in [2.45, 2.75) is 37.8 Å². The average molecular weight is 403 g/mol. The Kier molecular flexibility index (Phi) is 5.45. The third-order valence-corrected chi connectivity index (χ3v) is 6.67. The topological polar surface area (TPSA) is 23.6 Å². The van der Waals surface area contributed by atoms with Crippen molar-refractivity contribution in [3.8, 4) is 0 Å². The molecule has 0 saturated carbocycles. The van der Waals surface area contributed by atoms with E-state index in [0.29, 0.717) is 22.5 Å². The molecule has 1 aliphatic heterocycles. The average Bonchev–Trinajstić information content (AvgIpc) is 3.31. The second kappa shape index (κ2) is 7.83. The molecule has 142 valence electrons. The summed E-state index contributed by atoms with van der Waals surface area (Å²) in [4.78, 5) is 17.6. The minimum Gasteiger partial charge on any atom is -0.337 e. The predicted octanol–water partition coefficient (Wildman–Crippen LogP) is 4.76. The van der Waals surface area contributed by atoms with E-state index in [0.717, 1.165) is 25.1 Å². The molecular formula is C22H24Cl2N2O. The van der Waals surface area contributed by atoms with Gasteiger partial charge in [-0.1, -0.05) is 53.5 Å². The normalized spacial score (nSPS) is 22.0. The number of carbonyl (C=O) groups excluding carboxylic acids is 1. The summed E-state index contributed by atoms with van der Waals surface area (Å²) in [6.45, 7) is 2.26. The van der Waals surface area contributed by atoms with Crippen LogP contribution in [-0.4, -0.2) is 41.9 Å². The number of carbonyl (C=O) groups is 1. The highest BCUT2D eigenvalue weighted by atomic mass is 35.5. The summed E-state index contributed by atoms with van der Waals surface area (Å²) in [6, 6.07) is 14.5. The summed E-state index contributed by atoms with van der Waals surface area (Å²) in [5, 5.41) is 1.01. The number of fused-ring (bicyclic) bond motifs is 1. The first-order valence-corrected chi connectivity index (χ1v) is 10.3. The van der Waals surface area contributed by atoms with Crippen LogP contribution in [0.1, 0.15) is 35.6 Å². The van der Waals surface area contributed by atoms with Crippen LogP contribution in [0.2, 0.25) is 10.0 Å². The monoisotopic (exact) mass is 402 g/mol. The van der Waals surface area contributed by atoms with Gasteiger partial charge in [0.1, 0.15) is 0 Å². The van der Waals surface area contributed by atoms with Gasteiger partial charge in [0.25, 0.3) is 0 Å². The van der Waals surface area contributed by atoms with E-state index < -0.39 is 0 Å². The van der Waals surface area contributed by atoms with Gasteiger partial charge < -0.3 is 4.90 Å². The molecule has 5 heteroatoms. The maximum atomic E-state index is 13.1. The molecule has 2 atom stereocenters. The highest BCUT2D eigenvalue weighted by molar-refractivity contribution is 6.42. The first kappa shape index (κ1) is 18.8. The first-order valence-electron chi connectivity index (χ1n) is 9.56. The largest absolute Gasteiger partial charge is 0.337 e. The van der Waals surface area contributed by atoms with Gasteiger partial charge in [0.05, 0.1) is 22.5 Å². The number of benzene rings is 2. The van der Waals surface area contributed by atoms with Crippen molar-refractivity contribution in [2.75, 3.05) is 20.1 Å². The number of nitrogens with zero attached hydrogens (tertiary/aromatic N) is 2. The molecule has 0 N–H and O–H groups in total. The minimum atomic E-state index is 0.106. The molecule has 2 aliphatic rings. The molecule has 2 aromatic carbocycles. The second-order valence-corrected chi connectivity index (χ2v) is 8.40. The Labute approximate surface area is 170 Å². The second-order valence-electron chi connectivity index (χ2n) is 7.59. The van der Waals surface area contributed by atoms with Crippen molar-refractivity contribution in [1.29, 1.82) is 0 Å². The summed E-state index contributed by atoms with van der Waals surface area (Å²) in [7, 11) is 1.94. The fourth-order valence-electron chi connectivity index (χ4n) is 4.53. The summed E-state index contributed by atoms with van der Waals surface area (Å²) in [5.74, 6) is 0.110. The lowest BCUT2D eigenvalue weighted by molar-refractivity contribution is -0.132. The van der Waals surface area contributed by atoms with E-state index in [1.807, 2.05) is 18.0 Å². The van der Waals surface area contributed by atoms with Crippen LogP contribution >= 0.6 is 23.2 Å². The Morgan fingerprint density at radius 1 is 1.11 bits per heavy atom. The molecule has 3 nitrogen and oxygen atoms in total. The van der Waals surface area contributed by atoms with Crippen molar-refractivity contribution in [2.24, 2.45) is 0 Å². The van der Waals surface area contributed by atoms with Gasteiger partial charge in [-0.05, 0) is 61.2 Å². The molecule has 1 aliphatic carbocycles. The van der Waals surface area contributed by atoms with Crippen LogP contribution in [-0.2, 0) is 17.6 Å². The van der Waals surface area contributed by atoms with Gasteiger partial charge in [-0.3, -0.25) is 9.69 Å². The van der Waals surface area contributed by atoms with Crippen molar-refractivity contribution in [3.05, 3.63) is 69.2 Å². The Bertz CT molecular complexity index is 848. The number of likely N-dealkylation sites (tertiary alicyclic amines) is 1. The van der Waals surface area contributed by atoms with E-state index >= 15 is 0 Å². The smallest absolute Gasteiger partial charge is 0.227 e. The fraction of sp³-hybridized carbons (Fsp3) is 0.409. The van der Waals surface area contributed by atoms with E-state index in [1.54, 1.807) is 12.1 Å². The number of hydrogen-bond acceptors (Lipinski definition) is 2. The number of amides is 1. The molecule has 1 fully saturated rings. The molecule has 0 unspecified atom stereocenters. The maximum Gasteiger partial charge on any atom is 0.227 e. The predicted molar refractivity (Wildman–Crippen MR) is 110 cm³/mol. The molecule has 1 saturated heterocycles. The lowest BCUT2D eigenvalue weighted by Crippen LogP contribution is -2.44. The quantitative estimate of drug-likeness (QED) is 0.735. The summed E-state index contributed by atoms with van der Waals surface area (Å²) >= 11 is 12.1. The highest BCUT2D eigenvalue weighted by Crippen LogP contribution is 2.39. The molecule has 1 heterocycles. The molecule has 1 amide bonds. The first-order chi connectivity index (χ1) is 13.0. The fourth-order valence-corrected chi connectivity index (χ4v) is 4.85. The Balaban J connectivity index is 1.58. The summed E-state index contributed by atoms with van der Waals surface area (Å²) < 4.78 is 0. The zero-order chi connectivity index (χ0) is 19.0. The van der Waals surface area contributed by atoms with Crippen molar-refractivity contribution < 1.29 is 4.79 Å². The van der Waals surface area contributed by atoms with Crippen LogP contribution in [0.3, 0.4) is 0 Å². The van der Waals surface area contributed by atoms with Gasteiger partial charge in [-0.25, -0.2) is 0 Å². The molecule has 0 aromatic heterocycles. The number of halogens is 2. The Morgan fingerprint density at radius 3 is 2.59 bits per heavy atom. The molecule has 0 bridgehead atoms. The minimum absolute atomic E-state index is 0.106. The van der Waals surface area contributed by atoms with Gasteiger partial charge in [0.15, 0.2) is 0 Å². The van der Waals surface area contributed by atoms with Crippen LogP contribution in [0.25, 0.3) is 0 Å². The zero-order valence-electron chi connectivity index (χ0n) is 15.5. The molecule has 4 rings (SSSR count). The molecule has 27 heavy (non-hydrogen) atoms. The van der Waals surface area contributed by atoms with Gasteiger partial charge in [-0.2, -0.15) is 0 Å².